The van der Waals surface area contributed by atoms with Crippen LogP contribution in [-0.4, -0.2) is 22.8 Å². The van der Waals surface area contributed by atoms with E-state index in [9.17, 15) is 9.59 Å². The van der Waals surface area contributed by atoms with Crippen LogP contribution < -0.4 is 10.3 Å². The van der Waals surface area contributed by atoms with Crippen molar-refractivity contribution in [1.82, 2.24) is 4.57 Å². The van der Waals surface area contributed by atoms with Gasteiger partial charge in [0.2, 0.25) is 0 Å². The second kappa shape index (κ2) is 6.56. The molecule has 21 heavy (non-hydrogen) atoms. The summed E-state index contributed by atoms with van der Waals surface area (Å²) in [5.74, 6) is -0.366. The SMILES string of the molecule is COc1ccc(C=CC(=O)O)c(Cn2ccccc2=O)c1. The summed E-state index contributed by atoms with van der Waals surface area (Å²) in [6, 6.07) is 10.2. The standard InChI is InChI=1S/C16H15NO4/c1-21-14-7-5-12(6-8-16(19)20)13(10-14)11-17-9-3-2-4-15(17)18/h2-10H,11H2,1H3,(H,19,20). The Morgan fingerprint density at radius 3 is 2.81 bits per heavy atom. The smallest absolute Gasteiger partial charge is 0.328 e. The summed E-state index contributed by atoms with van der Waals surface area (Å²) in [5, 5.41) is 8.73. The van der Waals surface area contributed by atoms with Gasteiger partial charge in [-0.25, -0.2) is 4.79 Å². The van der Waals surface area contributed by atoms with Crippen molar-refractivity contribution in [2.45, 2.75) is 6.54 Å². The Kier molecular flexibility index (Phi) is 4.56. The van der Waals surface area contributed by atoms with E-state index in [1.807, 2.05) is 0 Å². The zero-order chi connectivity index (χ0) is 15.2. The highest BCUT2D eigenvalue weighted by Gasteiger charge is 2.05. The number of hydrogen-bond acceptors (Lipinski definition) is 3. The second-order valence-corrected chi connectivity index (χ2v) is 4.40. The maximum atomic E-state index is 11.8. The van der Waals surface area contributed by atoms with Crippen LogP contribution in [0.15, 0.2) is 53.5 Å². The van der Waals surface area contributed by atoms with Crippen LogP contribution in [0.5, 0.6) is 5.75 Å². The van der Waals surface area contributed by atoms with Crippen LogP contribution in [-0.2, 0) is 11.3 Å². The lowest BCUT2D eigenvalue weighted by Gasteiger charge is -2.10. The van der Waals surface area contributed by atoms with Crippen molar-refractivity contribution >= 4 is 12.0 Å². The average molecular weight is 285 g/mol. The first-order valence-electron chi connectivity index (χ1n) is 6.33. The summed E-state index contributed by atoms with van der Waals surface area (Å²) >= 11 is 0. The zero-order valence-corrected chi connectivity index (χ0v) is 11.5. The molecule has 108 valence electrons. The van der Waals surface area contributed by atoms with Crippen molar-refractivity contribution < 1.29 is 14.6 Å². The van der Waals surface area contributed by atoms with Crippen LogP contribution in [0.25, 0.3) is 6.08 Å². The number of aliphatic carboxylic acids is 1. The van der Waals surface area contributed by atoms with Gasteiger partial charge < -0.3 is 14.4 Å². The molecule has 0 radical (unpaired) electrons. The highest BCUT2D eigenvalue weighted by Crippen LogP contribution is 2.19. The van der Waals surface area contributed by atoms with Gasteiger partial charge >= 0.3 is 5.97 Å². The van der Waals surface area contributed by atoms with Crippen LogP contribution >= 0.6 is 0 Å². The Morgan fingerprint density at radius 2 is 2.14 bits per heavy atom. The number of rotatable bonds is 5. The molecule has 0 saturated carbocycles. The first-order valence-corrected chi connectivity index (χ1v) is 6.33. The first kappa shape index (κ1) is 14.6. The van der Waals surface area contributed by atoms with Gasteiger partial charge in [-0.15, -0.1) is 0 Å². The van der Waals surface area contributed by atoms with E-state index >= 15 is 0 Å². The number of carbonyl (C=O) groups is 1. The van der Waals surface area contributed by atoms with Gasteiger partial charge in [0, 0.05) is 18.3 Å². The normalized spacial score (nSPS) is 10.7. The number of carboxylic acid groups (broad SMARTS) is 1. The molecule has 2 aromatic rings. The van der Waals surface area contributed by atoms with Crippen molar-refractivity contribution in [3.63, 3.8) is 0 Å². The summed E-state index contributed by atoms with van der Waals surface area (Å²) in [5.41, 5.74) is 1.42. The fourth-order valence-corrected chi connectivity index (χ4v) is 1.94. The molecule has 5 heteroatoms. The third-order valence-corrected chi connectivity index (χ3v) is 3.00. The minimum Gasteiger partial charge on any atom is -0.497 e. The monoisotopic (exact) mass is 285 g/mol. The molecule has 1 heterocycles. The number of methoxy groups -OCH3 is 1. The fourth-order valence-electron chi connectivity index (χ4n) is 1.94. The number of benzene rings is 1. The van der Waals surface area contributed by atoms with Gasteiger partial charge in [-0.1, -0.05) is 12.1 Å². The molecule has 0 unspecified atom stereocenters. The molecule has 0 aliphatic heterocycles. The minimum absolute atomic E-state index is 0.117. The molecule has 5 nitrogen and oxygen atoms in total. The fraction of sp³-hybridized carbons (Fsp3) is 0.125. The van der Waals surface area contributed by atoms with E-state index in [1.165, 1.54) is 12.1 Å². The molecule has 0 aliphatic rings. The van der Waals surface area contributed by atoms with Crippen molar-refractivity contribution in [1.29, 1.82) is 0 Å². The van der Waals surface area contributed by atoms with Gasteiger partial charge in [0.25, 0.3) is 5.56 Å². The lowest BCUT2D eigenvalue weighted by Crippen LogP contribution is -2.18. The lowest BCUT2D eigenvalue weighted by atomic mass is 10.1. The van der Waals surface area contributed by atoms with Gasteiger partial charge in [0.1, 0.15) is 5.75 Å². The summed E-state index contributed by atoms with van der Waals surface area (Å²) in [6.07, 6.45) is 4.26. The van der Waals surface area contributed by atoms with E-state index in [-0.39, 0.29) is 5.56 Å². The Bertz CT molecular complexity index is 731. The van der Waals surface area contributed by atoms with Crippen LogP contribution in [0.1, 0.15) is 11.1 Å². The summed E-state index contributed by atoms with van der Waals surface area (Å²) < 4.78 is 6.72. The maximum absolute atomic E-state index is 11.8. The second-order valence-electron chi connectivity index (χ2n) is 4.40. The molecule has 0 atom stereocenters. The van der Waals surface area contributed by atoms with E-state index in [4.69, 9.17) is 9.84 Å². The molecule has 1 aromatic heterocycles. The Morgan fingerprint density at radius 1 is 1.33 bits per heavy atom. The van der Waals surface area contributed by atoms with Crippen molar-refractivity contribution in [2.24, 2.45) is 0 Å². The summed E-state index contributed by atoms with van der Waals surface area (Å²) in [7, 11) is 1.56. The Labute approximate surface area is 121 Å². The molecule has 0 amide bonds. The highest BCUT2D eigenvalue weighted by molar-refractivity contribution is 5.85. The molecule has 2 rings (SSSR count). The third kappa shape index (κ3) is 3.82. The number of nitrogens with zero attached hydrogens (tertiary/aromatic N) is 1. The largest absolute Gasteiger partial charge is 0.497 e. The van der Waals surface area contributed by atoms with Crippen LogP contribution in [0.2, 0.25) is 0 Å². The van der Waals surface area contributed by atoms with Gasteiger partial charge in [-0.05, 0) is 35.4 Å². The summed E-state index contributed by atoms with van der Waals surface area (Å²) in [6.45, 7) is 0.343. The predicted octanol–water partition coefficient (Wildman–Crippen LogP) is 2.00. The first-order chi connectivity index (χ1) is 10.1. The number of aromatic nitrogens is 1. The van der Waals surface area contributed by atoms with Crippen LogP contribution in [0.3, 0.4) is 0 Å². The van der Waals surface area contributed by atoms with Crippen LogP contribution in [0, 0.1) is 0 Å². The lowest BCUT2D eigenvalue weighted by molar-refractivity contribution is -0.131. The topological polar surface area (TPSA) is 68.5 Å². The predicted molar refractivity (Wildman–Crippen MR) is 79.5 cm³/mol. The Balaban J connectivity index is 2.42. The highest BCUT2D eigenvalue weighted by atomic mass is 16.5. The van der Waals surface area contributed by atoms with Crippen LogP contribution in [0.4, 0.5) is 0 Å². The van der Waals surface area contributed by atoms with E-state index < -0.39 is 5.97 Å². The molecular weight excluding hydrogens is 270 g/mol. The molecule has 0 spiro atoms. The van der Waals surface area contributed by atoms with E-state index in [1.54, 1.807) is 48.2 Å². The van der Waals surface area contributed by atoms with E-state index in [0.29, 0.717) is 12.3 Å². The zero-order valence-electron chi connectivity index (χ0n) is 11.5. The van der Waals surface area contributed by atoms with Gasteiger partial charge in [0.15, 0.2) is 0 Å². The van der Waals surface area contributed by atoms with Crippen molar-refractivity contribution in [3.05, 3.63) is 70.2 Å². The van der Waals surface area contributed by atoms with Gasteiger partial charge in [-0.2, -0.15) is 0 Å². The molecule has 0 bridgehead atoms. The number of ether oxygens (including phenoxy) is 1. The summed E-state index contributed by atoms with van der Waals surface area (Å²) in [4.78, 5) is 22.4. The molecule has 0 aliphatic carbocycles. The van der Waals surface area contributed by atoms with E-state index in [0.717, 1.165) is 17.2 Å². The molecule has 0 saturated heterocycles. The number of carboxylic acids is 1. The van der Waals surface area contributed by atoms with E-state index in [2.05, 4.69) is 0 Å². The Hall–Kier alpha value is -2.82. The average Bonchev–Trinajstić information content (AvgIpc) is 2.48. The number of pyridine rings is 1. The minimum atomic E-state index is -1.02. The van der Waals surface area contributed by atoms with Crippen molar-refractivity contribution in [3.8, 4) is 5.75 Å². The van der Waals surface area contributed by atoms with Gasteiger partial charge in [-0.3, -0.25) is 4.79 Å². The molecule has 1 N–H and O–H groups in total. The third-order valence-electron chi connectivity index (χ3n) is 3.00. The quantitative estimate of drug-likeness (QED) is 0.853. The molecule has 1 aromatic carbocycles. The number of hydrogen-bond donors (Lipinski definition) is 1. The molecular formula is C16H15NO4. The van der Waals surface area contributed by atoms with Crippen molar-refractivity contribution in [2.75, 3.05) is 7.11 Å². The molecule has 0 fully saturated rings. The maximum Gasteiger partial charge on any atom is 0.328 e. The van der Waals surface area contributed by atoms with Gasteiger partial charge in [0.05, 0.1) is 13.7 Å².